The lowest BCUT2D eigenvalue weighted by atomic mass is 9.86. The number of rotatable bonds is 8. The Morgan fingerprint density at radius 1 is 0.382 bits per heavy atom. The highest BCUT2D eigenvalue weighted by atomic mass is 16.3. The number of hydrogen-bond donors (Lipinski definition) is 0. The lowest BCUT2D eigenvalue weighted by Crippen LogP contribution is -2.00. The standard InChI is InChI=1S/C70H44N4O2/c1-2-11-51(12-3-1)70-73-62(48-32-30-47(31-33-48)61-37-36-50-35-34-49-13-10-38-71-66(49)67(50)72-61)42-63(74-70)54-40-52(43-22-26-45(27-23-43)55-16-8-18-59-57-14-4-6-20-64(57)75-68(55)59)39-53(41-54)44-24-28-46(29-25-44)56-17-9-19-60-58-15-5-7-21-65(58)76-69(56)60/h1-28,30-42,46H,29H2. The van der Waals surface area contributed by atoms with Crippen molar-refractivity contribution in [2.45, 2.75) is 12.3 Å². The highest BCUT2D eigenvalue weighted by Crippen LogP contribution is 2.42. The van der Waals surface area contributed by atoms with E-state index in [2.05, 4.69) is 205 Å². The largest absolute Gasteiger partial charge is 0.456 e. The van der Waals surface area contributed by atoms with Gasteiger partial charge in [0.25, 0.3) is 0 Å². The second-order valence-corrected chi connectivity index (χ2v) is 19.7. The normalized spacial score (nSPS) is 13.6. The fourth-order valence-corrected chi connectivity index (χ4v) is 11.2. The molecule has 0 fully saturated rings. The van der Waals surface area contributed by atoms with Crippen LogP contribution < -0.4 is 0 Å². The first kappa shape index (κ1) is 43.5. The van der Waals surface area contributed by atoms with Crippen molar-refractivity contribution in [1.29, 1.82) is 0 Å². The third-order valence-corrected chi connectivity index (χ3v) is 15.1. The van der Waals surface area contributed by atoms with Gasteiger partial charge in [0.05, 0.1) is 28.1 Å². The van der Waals surface area contributed by atoms with Gasteiger partial charge in [-0.25, -0.2) is 15.0 Å². The zero-order valence-corrected chi connectivity index (χ0v) is 41.1. The summed E-state index contributed by atoms with van der Waals surface area (Å²) < 4.78 is 13.0. The van der Waals surface area contributed by atoms with Crippen LogP contribution in [0.2, 0.25) is 0 Å². The maximum absolute atomic E-state index is 6.51. The predicted molar refractivity (Wildman–Crippen MR) is 311 cm³/mol. The minimum atomic E-state index is 0.164. The summed E-state index contributed by atoms with van der Waals surface area (Å²) in [5, 5.41) is 6.66. The van der Waals surface area contributed by atoms with E-state index in [0.717, 1.165) is 145 Å². The molecule has 0 spiro atoms. The van der Waals surface area contributed by atoms with E-state index >= 15 is 0 Å². The minimum Gasteiger partial charge on any atom is -0.456 e. The molecule has 0 aliphatic heterocycles. The number of para-hydroxylation sites is 4. The van der Waals surface area contributed by atoms with Crippen LogP contribution in [0.5, 0.6) is 0 Å². The van der Waals surface area contributed by atoms with Crippen molar-refractivity contribution in [1.82, 2.24) is 19.9 Å². The Labute approximate surface area is 437 Å². The van der Waals surface area contributed by atoms with E-state index < -0.39 is 0 Å². The molecule has 5 aromatic heterocycles. The van der Waals surface area contributed by atoms with Crippen molar-refractivity contribution in [3.8, 4) is 67.4 Å². The minimum absolute atomic E-state index is 0.164. The van der Waals surface area contributed by atoms with E-state index in [1.54, 1.807) is 0 Å². The predicted octanol–water partition coefficient (Wildman–Crippen LogP) is 18.5. The monoisotopic (exact) mass is 972 g/mol. The van der Waals surface area contributed by atoms with Crippen molar-refractivity contribution >= 4 is 71.3 Å². The summed E-state index contributed by atoms with van der Waals surface area (Å²) in [6.07, 6.45) is 9.65. The lowest BCUT2D eigenvalue weighted by molar-refractivity contribution is 0.657. The first-order valence-electron chi connectivity index (χ1n) is 25.8. The Bertz CT molecular complexity index is 4660. The highest BCUT2D eigenvalue weighted by molar-refractivity contribution is 6.10. The van der Waals surface area contributed by atoms with Gasteiger partial charge in [-0.3, -0.25) is 4.98 Å². The van der Waals surface area contributed by atoms with E-state index in [-0.39, 0.29) is 5.92 Å². The van der Waals surface area contributed by atoms with Gasteiger partial charge in [-0.2, -0.15) is 0 Å². The van der Waals surface area contributed by atoms with Gasteiger partial charge < -0.3 is 8.83 Å². The Kier molecular flexibility index (Phi) is 10.2. The van der Waals surface area contributed by atoms with Gasteiger partial charge in [0.1, 0.15) is 22.3 Å². The number of pyridine rings is 2. The van der Waals surface area contributed by atoms with E-state index in [0.29, 0.717) is 5.82 Å². The Balaban J connectivity index is 0.833. The van der Waals surface area contributed by atoms with Gasteiger partial charge in [-0.15, -0.1) is 0 Å². The number of aromatic nitrogens is 4. The fourth-order valence-electron chi connectivity index (χ4n) is 11.2. The van der Waals surface area contributed by atoms with Crippen LogP contribution in [0.25, 0.3) is 139 Å². The van der Waals surface area contributed by atoms with Crippen LogP contribution in [0.1, 0.15) is 23.5 Å². The first-order chi connectivity index (χ1) is 37.6. The fraction of sp³-hybridized carbons (Fsp3) is 0.0286. The summed E-state index contributed by atoms with van der Waals surface area (Å²) in [4.78, 5) is 20.4. The van der Waals surface area contributed by atoms with Crippen LogP contribution in [0, 0.1) is 0 Å². The van der Waals surface area contributed by atoms with Crippen LogP contribution in [0.3, 0.4) is 0 Å². The van der Waals surface area contributed by atoms with Crippen molar-refractivity contribution in [3.63, 3.8) is 0 Å². The molecule has 5 heterocycles. The molecule has 0 radical (unpaired) electrons. The molecular formula is C70H44N4O2. The summed E-state index contributed by atoms with van der Waals surface area (Å²) >= 11 is 0. The molecule has 6 heteroatoms. The number of fused-ring (bicyclic) bond motifs is 9. The van der Waals surface area contributed by atoms with Crippen LogP contribution >= 0.6 is 0 Å². The third kappa shape index (κ3) is 7.57. The maximum Gasteiger partial charge on any atom is 0.160 e. The number of allylic oxidation sites excluding steroid dienone is 4. The molecule has 0 N–H and O–H groups in total. The Morgan fingerprint density at radius 3 is 1.75 bits per heavy atom. The molecule has 1 atom stereocenters. The van der Waals surface area contributed by atoms with Crippen LogP contribution in [-0.2, 0) is 0 Å². The average molecular weight is 973 g/mol. The topological polar surface area (TPSA) is 77.8 Å². The van der Waals surface area contributed by atoms with E-state index in [4.69, 9.17) is 23.8 Å². The number of furan rings is 2. The van der Waals surface area contributed by atoms with Crippen molar-refractivity contribution < 1.29 is 8.83 Å². The quantitative estimate of drug-likeness (QED) is 0.141. The second-order valence-electron chi connectivity index (χ2n) is 19.7. The van der Waals surface area contributed by atoms with E-state index in [1.807, 2.05) is 48.7 Å². The van der Waals surface area contributed by atoms with Crippen LogP contribution in [-0.4, -0.2) is 19.9 Å². The van der Waals surface area contributed by atoms with Gasteiger partial charge in [-0.1, -0.05) is 194 Å². The first-order valence-corrected chi connectivity index (χ1v) is 25.8. The van der Waals surface area contributed by atoms with Crippen LogP contribution in [0.4, 0.5) is 0 Å². The van der Waals surface area contributed by atoms with Gasteiger partial charge in [0.15, 0.2) is 5.82 Å². The molecule has 0 amide bonds. The molecule has 6 nitrogen and oxygen atoms in total. The summed E-state index contributed by atoms with van der Waals surface area (Å²) in [6, 6.07) is 78.6. The van der Waals surface area contributed by atoms with E-state index in [1.165, 1.54) is 5.56 Å². The van der Waals surface area contributed by atoms with Crippen molar-refractivity contribution in [2.75, 3.05) is 0 Å². The zero-order chi connectivity index (χ0) is 50.1. The van der Waals surface area contributed by atoms with Gasteiger partial charge >= 0.3 is 0 Å². The Hall–Kier alpha value is -10.0. The molecular weight excluding hydrogens is 929 g/mol. The molecule has 1 aliphatic carbocycles. The summed E-state index contributed by atoms with van der Waals surface area (Å²) in [7, 11) is 0. The van der Waals surface area contributed by atoms with Crippen LogP contribution in [0.15, 0.2) is 258 Å². The number of nitrogens with zero attached hydrogens (tertiary/aromatic N) is 4. The molecule has 9 aromatic carbocycles. The van der Waals surface area contributed by atoms with Crippen molar-refractivity contribution in [3.05, 3.63) is 260 Å². The summed E-state index contributed by atoms with van der Waals surface area (Å²) in [5.41, 5.74) is 19.7. The molecule has 0 saturated heterocycles. The molecule has 14 aromatic rings. The smallest absolute Gasteiger partial charge is 0.160 e. The third-order valence-electron chi connectivity index (χ3n) is 15.1. The maximum atomic E-state index is 6.51. The van der Waals surface area contributed by atoms with Crippen molar-refractivity contribution in [2.24, 2.45) is 0 Å². The average Bonchev–Trinajstić information content (AvgIpc) is 4.10. The van der Waals surface area contributed by atoms with Gasteiger partial charge in [0.2, 0.25) is 0 Å². The summed E-state index contributed by atoms with van der Waals surface area (Å²) in [5.74, 6) is 0.820. The number of hydrogen-bond acceptors (Lipinski definition) is 6. The molecule has 356 valence electrons. The zero-order valence-electron chi connectivity index (χ0n) is 41.1. The number of benzene rings is 9. The van der Waals surface area contributed by atoms with Gasteiger partial charge in [0, 0.05) is 77.8 Å². The molecule has 76 heavy (non-hydrogen) atoms. The van der Waals surface area contributed by atoms with Gasteiger partial charge in [-0.05, 0) is 82.8 Å². The lowest BCUT2D eigenvalue weighted by Gasteiger charge is -2.19. The second kappa shape index (κ2) is 17.9. The molecule has 0 saturated carbocycles. The SMILES string of the molecule is C1=CC(c2cccc3c2oc2ccccc23)CC=C1c1cc(-c2ccc(-c3cccc4c3oc3ccccc34)cc2)cc(-c2cc(-c3ccc(-c4ccc5ccc6cccnc6c5n4)cc3)nc(-c3ccccc3)n2)c1. The Morgan fingerprint density at radius 2 is 0.987 bits per heavy atom. The molecule has 1 unspecified atom stereocenters. The summed E-state index contributed by atoms with van der Waals surface area (Å²) in [6.45, 7) is 0. The molecule has 15 rings (SSSR count). The highest BCUT2D eigenvalue weighted by Gasteiger charge is 2.21. The molecule has 1 aliphatic rings. The molecule has 0 bridgehead atoms. The van der Waals surface area contributed by atoms with E-state index in [9.17, 15) is 0 Å².